The Morgan fingerprint density at radius 2 is 1.85 bits per heavy atom. The lowest BCUT2D eigenvalue weighted by Gasteiger charge is -2.25. The molecule has 1 aromatic carbocycles. The van der Waals surface area contributed by atoms with E-state index in [9.17, 15) is 9.59 Å². The highest BCUT2D eigenvalue weighted by Gasteiger charge is 2.45. The molecular weight excluding hydrogens is 352 g/mol. The first-order chi connectivity index (χ1) is 13.1. The highest BCUT2D eigenvalue weighted by molar-refractivity contribution is 6.42. The number of nitrogens with one attached hydrogen (secondary N) is 1. The number of hydrogen-bond donors (Lipinski definition) is 1. The molecule has 1 aliphatic rings. The van der Waals surface area contributed by atoms with Crippen LogP contribution in [0.15, 0.2) is 58.3 Å². The highest BCUT2D eigenvalue weighted by Crippen LogP contribution is 2.34. The minimum atomic E-state index is -1.22. The molecule has 0 atom stereocenters. The Labute approximate surface area is 156 Å². The fourth-order valence-corrected chi connectivity index (χ4v) is 2.82. The Hall–Kier alpha value is -3.29. The van der Waals surface area contributed by atoms with Gasteiger partial charge in [-0.3, -0.25) is 4.79 Å². The number of carbonyl (C=O) groups is 2. The van der Waals surface area contributed by atoms with Gasteiger partial charge in [0.05, 0.1) is 13.4 Å². The van der Waals surface area contributed by atoms with E-state index < -0.39 is 17.5 Å². The van der Waals surface area contributed by atoms with Gasteiger partial charge in [-0.05, 0) is 49.9 Å². The number of hydrogen-bond acceptors (Lipinski definition) is 7. The van der Waals surface area contributed by atoms with Crippen LogP contribution in [0.5, 0.6) is 5.75 Å². The Morgan fingerprint density at radius 1 is 1.11 bits per heavy atom. The predicted octanol–water partition coefficient (Wildman–Crippen LogP) is 2.60. The van der Waals surface area contributed by atoms with Gasteiger partial charge in [-0.25, -0.2) is 4.79 Å². The molecule has 1 amide bonds. The minimum absolute atomic E-state index is 0.148. The summed E-state index contributed by atoms with van der Waals surface area (Å²) in [5.74, 6) is -0.500. The average Bonchev–Trinajstić information content (AvgIpc) is 3.40. The second-order valence-electron chi connectivity index (χ2n) is 6.05. The second kappa shape index (κ2) is 8.39. The molecule has 3 rings (SSSR count). The van der Waals surface area contributed by atoms with Crippen LogP contribution in [0.1, 0.15) is 31.4 Å². The number of oxime groups is 1. The van der Waals surface area contributed by atoms with Crippen LogP contribution >= 0.6 is 0 Å². The first-order valence-electron chi connectivity index (χ1n) is 8.55. The normalized spacial score (nSPS) is 15.8. The molecule has 2 aromatic rings. The molecule has 0 unspecified atom stereocenters. The van der Waals surface area contributed by atoms with Crippen LogP contribution in [0.3, 0.4) is 0 Å². The van der Waals surface area contributed by atoms with E-state index in [1.165, 1.54) is 13.4 Å². The zero-order valence-electron chi connectivity index (χ0n) is 14.8. The van der Waals surface area contributed by atoms with Crippen LogP contribution < -0.4 is 10.3 Å². The van der Waals surface area contributed by atoms with Crippen LogP contribution in [0, 0.1) is 0 Å². The van der Waals surface area contributed by atoms with E-state index in [-0.39, 0.29) is 11.5 Å². The molecule has 1 aliphatic carbocycles. The van der Waals surface area contributed by atoms with Crippen molar-refractivity contribution in [1.29, 1.82) is 0 Å². The number of nitrogens with zero attached hydrogens (tertiary/aromatic N) is 1. The molecule has 1 heterocycles. The Balaban J connectivity index is 1.75. The van der Waals surface area contributed by atoms with Gasteiger partial charge >= 0.3 is 5.97 Å². The molecule has 1 fully saturated rings. The topological polar surface area (TPSA) is 99.4 Å². The third-order valence-electron chi connectivity index (χ3n) is 4.27. The number of rotatable bonds is 7. The van der Waals surface area contributed by atoms with Crippen molar-refractivity contribution in [1.82, 2.24) is 5.48 Å². The molecule has 1 saturated carbocycles. The van der Waals surface area contributed by atoms with E-state index in [4.69, 9.17) is 18.8 Å². The van der Waals surface area contributed by atoms with Crippen molar-refractivity contribution in [3.05, 3.63) is 54.5 Å². The smallest absolute Gasteiger partial charge is 0.364 e. The third kappa shape index (κ3) is 4.28. The van der Waals surface area contributed by atoms with Crippen LogP contribution in [0.2, 0.25) is 0 Å². The molecule has 1 N–H and O–H groups in total. The number of para-hydroxylation sites is 1. The highest BCUT2D eigenvalue weighted by atomic mass is 16.7. The number of benzene rings is 1. The number of esters is 1. The summed E-state index contributed by atoms with van der Waals surface area (Å²) in [5.41, 5.74) is 1.04. The van der Waals surface area contributed by atoms with Gasteiger partial charge in [-0.15, -0.1) is 0 Å². The first kappa shape index (κ1) is 18.5. The van der Waals surface area contributed by atoms with Crippen molar-refractivity contribution in [2.75, 3.05) is 7.11 Å². The third-order valence-corrected chi connectivity index (χ3v) is 4.27. The quantitative estimate of drug-likeness (QED) is 0.456. The summed E-state index contributed by atoms with van der Waals surface area (Å²) in [5, 5.41) is 3.90. The van der Waals surface area contributed by atoms with Crippen LogP contribution in [-0.2, 0) is 19.2 Å². The molecule has 8 nitrogen and oxygen atoms in total. The molecular formula is C19H20N2O6. The molecule has 0 aliphatic heterocycles. The second-order valence-corrected chi connectivity index (χ2v) is 6.05. The number of hydroxylamine groups is 1. The molecule has 27 heavy (non-hydrogen) atoms. The lowest BCUT2D eigenvalue weighted by molar-refractivity contribution is -0.154. The maximum Gasteiger partial charge on any atom is 0.364 e. The number of amides is 1. The lowest BCUT2D eigenvalue weighted by atomic mass is 10.0. The van der Waals surface area contributed by atoms with Gasteiger partial charge in [0.15, 0.2) is 11.5 Å². The van der Waals surface area contributed by atoms with Crippen molar-refractivity contribution < 1.29 is 28.4 Å². The first-order valence-corrected chi connectivity index (χ1v) is 8.55. The van der Waals surface area contributed by atoms with Gasteiger partial charge < -0.3 is 18.8 Å². The van der Waals surface area contributed by atoms with E-state index in [0.29, 0.717) is 18.6 Å². The standard InChI is InChI=1S/C19H20N2O6/c1-24-17(22)16(15-10-7-13-25-15)20-27-19(11-5-6-12-19)18(23)21-26-14-8-3-2-4-9-14/h2-4,7-10,13H,5-6,11-12H2,1H3,(H,21,23). The SMILES string of the molecule is COC(=O)C(=NOC1(C(=O)NOc2ccccc2)CCCC1)c1ccco1. The van der Waals surface area contributed by atoms with Gasteiger partial charge in [-0.2, -0.15) is 5.48 Å². The van der Waals surface area contributed by atoms with Crippen LogP contribution in [-0.4, -0.2) is 30.3 Å². The maximum absolute atomic E-state index is 12.7. The van der Waals surface area contributed by atoms with E-state index >= 15 is 0 Å². The fourth-order valence-electron chi connectivity index (χ4n) is 2.82. The summed E-state index contributed by atoms with van der Waals surface area (Å²) in [6.07, 6.45) is 3.89. The van der Waals surface area contributed by atoms with Crippen molar-refractivity contribution in [3.8, 4) is 5.75 Å². The van der Waals surface area contributed by atoms with Gasteiger partial charge in [0.2, 0.25) is 11.3 Å². The lowest BCUT2D eigenvalue weighted by Crippen LogP contribution is -2.47. The van der Waals surface area contributed by atoms with Gasteiger partial charge in [-0.1, -0.05) is 23.4 Å². The van der Waals surface area contributed by atoms with Crippen LogP contribution in [0.4, 0.5) is 0 Å². The number of ether oxygens (including phenoxy) is 1. The Morgan fingerprint density at radius 3 is 2.48 bits per heavy atom. The summed E-state index contributed by atoms with van der Waals surface area (Å²) < 4.78 is 9.91. The molecule has 142 valence electrons. The molecule has 8 heteroatoms. The largest absolute Gasteiger partial charge is 0.464 e. The summed E-state index contributed by atoms with van der Waals surface area (Å²) in [7, 11) is 1.23. The molecule has 1 aromatic heterocycles. The Kier molecular flexibility index (Phi) is 5.75. The summed E-state index contributed by atoms with van der Waals surface area (Å²) in [6, 6.07) is 12.0. The van der Waals surface area contributed by atoms with Crippen LogP contribution in [0.25, 0.3) is 0 Å². The number of methoxy groups -OCH3 is 1. The van der Waals surface area contributed by atoms with E-state index in [2.05, 4.69) is 10.6 Å². The minimum Gasteiger partial charge on any atom is -0.464 e. The molecule has 0 bridgehead atoms. The van der Waals surface area contributed by atoms with E-state index in [1.807, 2.05) is 6.07 Å². The molecule has 0 radical (unpaired) electrons. The predicted molar refractivity (Wildman–Crippen MR) is 94.8 cm³/mol. The fraction of sp³-hybridized carbons (Fsp3) is 0.316. The van der Waals surface area contributed by atoms with Crippen molar-refractivity contribution >= 4 is 17.6 Å². The maximum atomic E-state index is 12.7. The van der Waals surface area contributed by atoms with Crippen molar-refractivity contribution in [3.63, 3.8) is 0 Å². The van der Waals surface area contributed by atoms with Gasteiger partial charge in [0, 0.05) is 0 Å². The molecule has 0 spiro atoms. The van der Waals surface area contributed by atoms with Gasteiger partial charge in [0.1, 0.15) is 0 Å². The zero-order valence-corrected chi connectivity index (χ0v) is 14.8. The van der Waals surface area contributed by atoms with E-state index in [0.717, 1.165) is 12.8 Å². The van der Waals surface area contributed by atoms with E-state index in [1.54, 1.807) is 36.4 Å². The number of carbonyl (C=O) groups excluding carboxylic acids is 2. The van der Waals surface area contributed by atoms with Crippen molar-refractivity contribution in [2.24, 2.45) is 5.16 Å². The summed E-state index contributed by atoms with van der Waals surface area (Å²) in [4.78, 5) is 35.6. The molecule has 0 saturated heterocycles. The monoisotopic (exact) mass is 372 g/mol. The summed E-state index contributed by atoms with van der Waals surface area (Å²) >= 11 is 0. The van der Waals surface area contributed by atoms with Crippen molar-refractivity contribution in [2.45, 2.75) is 31.3 Å². The number of furan rings is 1. The zero-order chi connectivity index (χ0) is 19.1. The Bertz CT molecular complexity index is 795. The van der Waals surface area contributed by atoms with Gasteiger partial charge in [0.25, 0.3) is 5.91 Å². The average molecular weight is 372 g/mol. The summed E-state index contributed by atoms with van der Waals surface area (Å²) in [6.45, 7) is 0.